The Hall–Kier alpha value is -2.55. The van der Waals surface area contributed by atoms with Crippen molar-refractivity contribution in [3.05, 3.63) is 52.5 Å². The van der Waals surface area contributed by atoms with E-state index in [1.807, 2.05) is 6.07 Å². The largest absolute Gasteiger partial charge is 0.507 e. The van der Waals surface area contributed by atoms with Gasteiger partial charge in [-0.2, -0.15) is 5.26 Å². The Morgan fingerprint density at radius 2 is 2.00 bits per heavy atom. The highest BCUT2D eigenvalue weighted by atomic mass is 35.5. The molecule has 2 rings (SSSR count). The SMILES string of the molecule is N#Cc1ccc(O)c(-c2cc([C@H](CN)CC(=O)O)ccc2Cl)c1. The van der Waals surface area contributed by atoms with E-state index in [1.54, 1.807) is 18.2 Å². The van der Waals surface area contributed by atoms with Crippen LogP contribution in [-0.2, 0) is 4.79 Å². The van der Waals surface area contributed by atoms with Crippen molar-refractivity contribution in [3.8, 4) is 22.9 Å². The zero-order valence-electron chi connectivity index (χ0n) is 12.2. The Labute approximate surface area is 138 Å². The molecule has 118 valence electrons. The van der Waals surface area contributed by atoms with Gasteiger partial charge in [0.1, 0.15) is 5.75 Å². The van der Waals surface area contributed by atoms with Gasteiger partial charge in [0.15, 0.2) is 0 Å². The smallest absolute Gasteiger partial charge is 0.304 e. The van der Waals surface area contributed by atoms with E-state index in [0.717, 1.165) is 5.56 Å². The van der Waals surface area contributed by atoms with E-state index in [1.165, 1.54) is 18.2 Å². The van der Waals surface area contributed by atoms with Crippen molar-refractivity contribution < 1.29 is 15.0 Å². The number of aromatic hydroxyl groups is 1. The molecule has 0 saturated carbocycles. The van der Waals surface area contributed by atoms with Crippen molar-refractivity contribution in [2.45, 2.75) is 12.3 Å². The first kappa shape index (κ1) is 16.8. The molecule has 0 radical (unpaired) electrons. The molecule has 6 heteroatoms. The lowest BCUT2D eigenvalue weighted by Gasteiger charge is -2.16. The normalized spacial score (nSPS) is 11.7. The molecule has 0 heterocycles. The number of carbonyl (C=O) groups is 1. The predicted molar refractivity (Wildman–Crippen MR) is 87.3 cm³/mol. The number of phenols is 1. The van der Waals surface area contributed by atoms with Gasteiger partial charge in [0.25, 0.3) is 0 Å². The van der Waals surface area contributed by atoms with Gasteiger partial charge in [0.2, 0.25) is 0 Å². The summed E-state index contributed by atoms with van der Waals surface area (Å²) in [5, 5.41) is 28.4. The number of benzene rings is 2. The standard InChI is InChI=1S/C17H15ClN2O3/c18-15-3-2-11(12(9-20)7-17(22)23)6-13(15)14-5-10(8-19)1-4-16(14)21/h1-6,12,21H,7,9,20H2,(H,22,23)/t12-/m0/s1. The first-order valence-corrected chi connectivity index (χ1v) is 7.28. The Bertz CT molecular complexity index is 784. The fourth-order valence-electron chi connectivity index (χ4n) is 2.37. The van der Waals surface area contributed by atoms with Crippen LogP contribution < -0.4 is 5.73 Å². The zero-order valence-corrected chi connectivity index (χ0v) is 12.9. The molecule has 0 aliphatic rings. The summed E-state index contributed by atoms with van der Waals surface area (Å²) in [4.78, 5) is 10.9. The van der Waals surface area contributed by atoms with Crippen molar-refractivity contribution in [2.24, 2.45) is 5.73 Å². The van der Waals surface area contributed by atoms with E-state index in [0.29, 0.717) is 21.7 Å². The predicted octanol–water partition coefficient (Wildman–Crippen LogP) is 3.10. The third-order valence-corrected chi connectivity index (χ3v) is 3.91. The summed E-state index contributed by atoms with van der Waals surface area (Å²) in [5.41, 5.74) is 7.72. The van der Waals surface area contributed by atoms with E-state index in [9.17, 15) is 9.90 Å². The molecule has 2 aromatic carbocycles. The van der Waals surface area contributed by atoms with Gasteiger partial charge in [-0.25, -0.2) is 0 Å². The second kappa shape index (κ2) is 7.14. The van der Waals surface area contributed by atoms with Crippen LogP contribution in [0, 0.1) is 11.3 Å². The highest BCUT2D eigenvalue weighted by Gasteiger charge is 2.17. The lowest BCUT2D eigenvalue weighted by molar-refractivity contribution is -0.137. The van der Waals surface area contributed by atoms with Crippen LogP contribution in [0.4, 0.5) is 0 Å². The fraction of sp³-hybridized carbons (Fsp3) is 0.176. The van der Waals surface area contributed by atoms with Crippen LogP contribution in [0.25, 0.3) is 11.1 Å². The van der Waals surface area contributed by atoms with Crippen molar-refractivity contribution in [1.82, 2.24) is 0 Å². The molecular formula is C17H15ClN2O3. The number of phenolic OH excluding ortho intramolecular Hbond substituents is 1. The van der Waals surface area contributed by atoms with Crippen molar-refractivity contribution in [3.63, 3.8) is 0 Å². The van der Waals surface area contributed by atoms with Gasteiger partial charge in [0.05, 0.1) is 18.1 Å². The third kappa shape index (κ3) is 3.81. The zero-order chi connectivity index (χ0) is 17.0. The average Bonchev–Trinajstić information content (AvgIpc) is 2.54. The molecule has 0 saturated heterocycles. The average molecular weight is 331 g/mol. The highest BCUT2D eigenvalue weighted by molar-refractivity contribution is 6.33. The first-order chi connectivity index (χ1) is 11.0. The van der Waals surface area contributed by atoms with Crippen molar-refractivity contribution >= 4 is 17.6 Å². The molecule has 2 aromatic rings. The molecule has 0 aliphatic heterocycles. The van der Waals surface area contributed by atoms with Crippen LogP contribution in [0.1, 0.15) is 23.5 Å². The minimum atomic E-state index is -0.939. The molecule has 0 bridgehead atoms. The van der Waals surface area contributed by atoms with E-state index >= 15 is 0 Å². The minimum Gasteiger partial charge on any atom is -0.507 e. The summed E-state index contributed by atoms with van der Waals surface area (Å²) < 4.78 is 0. The van der Waals surface area contributed by atoms with Crippen LogP contribution in [0.5, 0.6) is 5.75 Å². The van der Waals surface area contributed by atoms with Crippen LogP contribution in [0.15, 0.2) is 36.4 Å². The van der Waals surface area contributed by atoms with Crippen LogP contribution >= 0.6 is 11.6 Å². The van der Waals surface area contributed by atoms with Gasteiger partial charge in [-0.15, -0.1) is 0 Å². The number of nitrogens with zero attached hydrogens (tertiary/aromatic N) is 1. The molecule has 1 atom stereocenters. The summed E-state index contributed by atoms with van der Waals surface area (Å²) in [7, 11) is 0. The van der Waals surface area contributed by atoms with Gasteiger partial charge in [-0.3, -0.25) is 4.79 Å². The number of carboxylic acids is 1. The second-order valence-corrected chi connectivity index (χ2v) is 5.52. The van der Waals surface area contributed by atoms with E-state index in [-0.39, 0.29) is 24.6 Å². The molecule has 5 nitrogen and oxygen atoms in total. The minimum absolute atomic E-state index is 0.00872. The molecule has 23 heavy (non-hydrogen) atoms. The molecule has 0 fully saturated rings. The summed E-state index contributed by atoms with van der Waals surface area (Å²) in [6.07, 6.45) is -0.0954. The number of halogens is 1. The van der Waals surface area contributed by atoms with Gasteiger partial charge in [0, 0.05) is 22.1 Å². The number of rotatable bonds is 5. The van der Waals surface area contributed by atoms with Crippen LogP contribution in [0.3, 0.4) is 0 Å². The van der Waals surface area contributed by atoms with Crippen LogP contribution in [0.2, 0.25) is 5.02 Å². The third-order valence-electron chi connectivity index (χ3n) is 3.58. The van der Waals surface area contributed by atoms with Gasteiger partial charge in [-0.1, -0.05) is 17.7 Å². The fourth-order valence-corrected chi connectivity index (χ4v) is 2.59. The number of carboxylic acid groups (broad SMARTS) is 1. The molecule has 0 aliphatic carbocycles. The lowest BCUT2D eigenvalue weighted by Crippen LogP contribution is -2.16. The van der Waals surface area contributed by atoms with E-state index in [2.05, 4.69) is 0 Å². The Kier molecular flexibility index (Phi) is 5.22. The van der Waals surface area contributed by atoms with Gasteiger partial charge in [-0.05, 0) is 42.4 Å². The molecule has 0 aromatic heterocycles. The Balaban J connectivity index is 2.54. The lowest BCUT2D eigenvalue weighted by atomic mass is 9.92. The number of nitriles is 1. The summed E-state index contributed by atoms with van der Waals surface area (Å²) in [6.45, 7) is 0.178. The molecule has 0 amide bonds. The molecular weight excluding hydrogens is 316 g/mol. The van der Waals surface area contributed by atoms with Crippen molar-refractivity contribution in [2.75, 3.05) is 6.54 Å². The maximum Gasteiger partial charge on any atom is 0.304 e. The monoisotopic (exact) mass is 330 g/mol. The Morgan fingerprint density at radius 3 is 2.61 bits per heavy atom. The maximum atomic E-state index is 10.9. The highest BCUT2D eigenvalue weighted by Crippen LogP contribution is 2.37. The molecule has 4 N–H and O–H groups in total. The summed E-state index contributed by atoms with van der Waals surface area (Å²) in [5.74, 6) is -1.30. The Morgan fingerprint density at radius 1 is 1.26 bits per heavy atom. The summed E-state index contributed by atoms with van der Waals surface area (Å²) in [6, 6.07) is 11.5. The van der Waals surface area contributed by atoms with E-state index in [4.69, 9.17) is 27.7 Å². The van der Waals surface area contributed by atoms with Gasteiger partial charge < -0.3 is 15.9 Å². The quantitative estimate of drug-likeness (QED) is 0.780. The number of nitrogens with two attached hydrogens (primary N) is 1. The molecule has 0 unspecified atom stereocenters. The summed E-state index contributed by atoms with van der Waals surface area (Å²) >= 11 is 6.21. The van der Waals surface area contributed by atoms with Crippen LogP contribution in [-0.4, -0.2) is 22.7 Å². The number of hydrogen-bond acceptors (Lipinski definition) is 4. The number of hydrogen-bond donors (Lipinski definition) is 3. The van der Waals surface area contributed by atoms with Gasteiger partial charge >= 0.3 is 5.97 Å². The van der Waals surface area contributed by atoms with E-state index < -0.39 is 5.97 Å². The molecule has 0 spiro atoms. The van der Waals surface area contributed by atoms with Crippen molar-refractivity contribution in [1.29, 1.82) is 5.26 Å². The maximum absolute atomic E-state index is 10.9. The number of aliphatic carboxylic acids is 1. The topological polar surface area (TPSA) is 107 Å². The second-order valence-electron chi connectivity index (χ2n) is 5.11. The first-order valence-electron chi connectivity index (χ1n) is 6.91.